The minimum atomic E-state index is -0.731. The summed E-state index contributed by atoms with van der Waals surface area (Å²) in [4.78, 5) is 34.4. The van der Waals surface area contributed by atoms with E-state index in [0.717, 1.165) is 6.42 Å². The van der Waals surface area contributed by atoms with Gasteiger partial charge in [0.15, 0.2) is 0 Å². The van der Waals surface area contributed by atoms with Crippen molar-refractivity contribution in [1.82, 2.24) is 0 Å². The number of esters is 2. The Bertz CT molecular complexity index is 1510. The highest BCUT2D eigenvalue weighted by Gasteiger charge is 2.34. The fraction of sp³-hybridized carbons (Fsp3) is 0.540. The molecule has 0 saturated heterocycles. The van der Waals surface area contributed by atoms with Crippen molar-refractivity contribution in [3.63, 3.8) is 0 Å². The van der Waals surface area contributed by atoms with Gasteiger partial charge in [0.1, 0.15) is 15.5 Å². The second-order valence-corrected chi connectivity index (χ2v) is 19.2. The van der Waals surface area contributed by atoms with E-state index >= 15 is 0 Å². The second kappa shape index (κ2) is 27.8. The van der Waals surface area contributed by atoms with Gasteiger partial charge in [-0.1, -0.05) is 163 Å². The number of benzene rings is 3. The maximum atomic E-state index is 12.2. The molecule has 57 heavy (non-hydrogen) atoms. The van der Waals surface area contributed by atoms with Crippen LogP contribution in [0.4, 0.5) is 0 Å². The van der Waals surface area contributed by atoms with Crippen molar-refractivity contribution in [2.75, 3.05) is 0 Å². The van der Waals surface area contributed by atoms with E-state index in [4.69, 9.17) is 14.6 Å². The first-order chi connectivity index (χ1) is 24.1. The summed E-state index contributed by atoms with van der Waals surface area (Å²) in [6.45, 7) is 30.1. The van der Waals surface area contributed by atoms with Gasteiger partial charge in [0.25, 0.3) is 0 Å². The first kappa shape index (κ1) is 62.5. The quantitative estimate of drug-likeness (QED) is 0.161. The Morgan fingerprint density at radius 3 is 1.12 bits per heavy atom. The maximum absolute atomic E-state index is 12.2. The second-order valence-electron chi connectivity index (χ2n) is 17.2. The van der Waals surface area contributed by atoms with Crippen LogP contribution < -0.4 is 0 Å². The lowest BCUT2D eigenvalue weighted by Crippen LogP contribution is -2.34. The predicted molar refractivity (Wildman–Crippen MR) is 252 cm³/mol. The molecular weight excluding hydrogens is 776 g/mol. The molecule has 0 amide bonds. The average molecular weight is 860 g/mol. The highest BCUT2D eigenvalue weighted by molar-refractivity contribution is 9.10. The van der Waals surface area contributed by atoms with Crippen LogP contribution in [0.1, 0.15) is 168 Å². The van der Waals surface area contributed by atoms with Gasteiger partial charge < -0.3 is 14.6 Å². The molecule has 0 heterocycles. The Morgan fingerprint density at radius 2 is 0.877 bits per heavy atom. The van der Waals surface area contributed by atoms with Gasteiger partial charge in [-0.15, -0.1) is 0 Å². The molecule has 326 valence electrons. The van der Waals surface area contributed by atoms with Gasteiger partial charge in [-0.3, -0.25) is 14.4 Å². The molecule has 2 unspecified atom stereocenters. The van der Waals surface area contributed by atoms with Gasteiger partial charge in [0, 0.05) is 0 Å². The van der Waals surface area contributed by atoms with Crippen LogP contribution >= 0.6 is 15.9 Å². The van der Waals surface area contributed by atoms with Crippen molar-refractivity contribution in [1.29, 1.82) is 0 Å². The summed E-state index contributed by atoms with van der Waals surface area (Å²) in [6.07, 6.45) is 3.28. The lowest BCUT2D eigenvalue weighted by molar-refractivity contribution is -0.166. The molecule has 0 aliphatic carbocycles. The van der Waals surface area contributed by atoms with Crippen LogP contribution in [-0.4, -0.2) is 38.5 Å². The molecule has 0 aliphatic heterocycles. The van der Waals surface area contributed by atoms with Gasteiger partial charge in [-0.2, -0.15) is 0 Å². The Morgan fingerprint density at radius 1 is 0.579 bits per heavy atom. The van der Waals surface area contributed by atoms with Crippen LogP contribution in [0.5, 0.6) is 0 Å². The van der Waals surface area contributed by atoms with Gasteiger partial charge in [-0.25, -0.2) is 0 Å². The zero-order valence-corrected chi connectivity index (χ0v) is 36.5. The number of carbonyl (C=O) groups is 3. The van der Waals surface area contributed by atoms with Crippen molar-refractivity contribution in [3.05, 3.63) is 114 Å². The van der Waals surface area contributed by atoms with Crippen LogP contribution in [0, 0.1) is 10.8 Å². The maximum Gasteiger partial charge on any atom is 0.322 e. The van der Waals surface area contributed by atoms with Gasteiger partial charge in [0.05, 0.1) is 10.8 Å². The first-order valence-corrected chi connectivity index (χ1v) is 19.1. The van der Waals surface area contributed by atoms with Crippen LogP contribution in [-0.2, 0) is 23.9 Å². The van der Waals surface area contributed by atoms with E-state index in [0.29, 0.717) is 12.3 Å². The molecule has 2 atom stereocenters. The third-order valence-electron chi connectivity index (χ3n) is 7.82. The summed E-state index contributed by atoms with van der Waals surface area (Å²) >= 11 is 3.22. The van der Waals surface area contributed by atoms with E-state index in [1.54, 1.807) is 27.7 Å². The summed E-state index contributed by atoms with van der Waals surface area (Å²) in [6, 6.07) is 30.4. The zero-order valence-electron chi connectivity index (χ0n) is 34.9. The molecule has 0 radical (unpaired) electrons. The summed E-state index contributed by atoms with van der Waals surface area (Å²) in [7, 11) is 0. The van der Waals surface area contributed by atoms with Crippen molar-refractivity contribution in [2.45, 2.75) is 167 Å². The molecule has 3 aromatic carbocycles. The van der Waals surface area contributed by atoms with Crippen LogP contribution in [0.15, 0.2) is 97.6 Å². The van der Waals surface area contributed by atoms with Crippen molar-refractivity contribution < 1.29 is 29.0 Å². The third-order valence-corrected chi connectivity index (χ3v) is 8.14. The Hall–Kier alpha value is -3.71. The monoisotopic (exact) mass is 859 g/mol. The minimum Gasteiger partial charge on any atom is -0.481 e. The number of ether oxygens (including phenoxy) is 2. The summed E-state index contributed by atoms with van der Waals surface area (Å²) in [5.41, 5.74) is 1.68. The molecule has 3 rings (SSSR count). The Kier molecular flexibility index (Phi) is 30.5. The molecule has 7 heteroatoms. The molecule has 1 N–H and O–H groups in total. The number of halogens is 1. The van der Waals surface area contributed by atoms with Crippen LogP contribution in [0.25, 0.3) is 6.08 Å². The highest BCUT2D eigenvalue weighted by atomic mass is 79.9. The average Bonchev–Trinajstić information content (AvgIpc) is 3.04. The van der Waals surface area contributed by atoms with E-state index in [1.165, 1.54) is 16.7 Å². The van der Waals surface area contributed by atoms with Gasteiger partial charge >= 0.3 is 17.9 Å². The smallest absolute Gasteiger partial charge is 0.322 e. The van der Waals surface area contributed by atoms with Crippen molar-refractivity contribution in [3.8, 4) is 0 Å². The summed E-state index contributed by atoms with van der Waals surface area (Å²) in [5.74, 6) is -0.473. The number of carbonyl (C=O) groups excluding carboxylic acids is 2. The first-order valence-electron chi connectivity index (χ1n) is 18.3. The number of hydrogen-bond donors (Lipinski definition) is 1. The lowest BCUT2D eigenvalue weighted by atomic mass is 9.80. The lowest BCUT2D eigenvalue weighted by Gasteiger charge is -2.30. The van der Waals surface area contributed by atoms with Crippen LogP contribution in [0.3, 0.4) is 0 Å². The fourth-order valence-corrected chi connectivity index (χ4v) is 4.99. The Labute approximate surface area is 359 Å². The molecular formula is C50H83BrO6. The fourth-order valence-electron chi connectivity index (χ4n) is 4.91. The normalized spacial score (nSPS) is 11.9. The van der Waals surface area contributed by atoms with Crippen molar-refractivity contribution >= 4 is 39.9 Å². The molecule has 0 aromatic heterocycles. The van der Waals surface area contributed by atoms with E-state index in [1.807, 2.05) is 140 Å². The number of carboxylic acid groups (broad SMARTS) is 1. The van der Waals surface area contributed by atoms with Gasteiger partial charge in [0.2, 0.25) is 0 Å². The number of hydrogen-bond acceptors (Lipinski definition) is 5. The number of alkyl halides is 1. The number of rotatable bonds is 10. The highest BCUT2D eigenvalue weighted by Crippen LogP contribution is 2.34. The van der Waals surface area contributed by atoms with E-state index < -0.39 is 32.3 Å². The van der Waals surface area contributed by atoms with Gasteiger partial charge in [-0.05, 0) is 124 Å². The largest absolute Gasteiger partial charge is 0.481 e. The molecule has 0 saturated carbocycles. The molecule has 0 spiro atoms. The summed E-state index contributed by atoms with van der Waals surface area (Å²) in [5, 5.41) is 9.04. The predicted octanol–water partition coefficient (Wildman–Crippen LogP) is 15.2. The SMILES string of the molecule is C.C.C.C.C=Cc1ccccc1.CC(C)(C)OC(=O)C(C)(C)Br.CC(CC(C)(C)C(=O)O)c1ccccc1.CC(CC(C)(C)C(=O)OC(C)(C)C)c1ccccc1. The molecule has 0 fully saturated rings. The molecule has 0 bridgehead atoms. The molecule has 6 nitrogen and oxygen atoms in total. The topological polar surface area (TPSA) is 89.9 Å². The molecule has 0 aliphatic rings. The Balaban J connectivity index is -0.000000215. The van der Waals surface area contributed by atoms with Crippen LogP contribution in [0.2, 0.25) is 0 Å². The zero-order chi connectivity index (χ0) is 41.3. The number of aliphatic carboxylic acids is 1. The number of carboxylic acids is 1. The van der Waals surface area contributed by atoms with Crippen molar-refractivity contribution in [2.24, 2.45) is 10.8 Å². The standard InChI is InChI=1S/C17H26O2.C13H18O2.C8H15BrO2.C8H8.4CH4/c1-13(14-10-8-7-9-11-14)12-17(5,6)15(18)19-16(2,3)4;1-10(9-13(2,3)12(14)15)11-7-5-4-6-8-11;1-7(2,3)11-6(10)8(4,5)9;1-2-8-6-4-3-5-7-8;;;;/h7-11,13H,12H2,1-6H3;4-8,10H,9H2,1-3H3,(H,14,15);1-5H3;2-7H,1H2;4*1H4. The third kappa shape index (κ3) is 28.4. The minimum absolute atomic E-state index is 0. The van der Waals surface area contributed by atoms with E-state index in [9.17, 15) is 14.4 Å². The summed E-state index contributed by atoms with van der Waals surface area (Å²) < 4.78 is 10.0. The van der Waals surface area contributed by atoms with E-state index in [-0.39, 0.29) is 47.6 Å². The van der Waals surface area contributed by atoms with E-state index in [2.05, 4.69) is 48.5 Å². The molecule has 3 aromatic rings.